The number of ether oxygens (including phenoxy) is 1. The lowest BCUT2D eigenvalue weighted by molar-refractivity contribution is -0.132. The van der Waals surface area contributed by atoms with E-state index in [0.29, 0.717) is 25.3 Å². The number of hydrogen-bond donors (Lipinski definition) is 1. The number of H-pyrrole nitrogens is 1. The van der Waals surface area contributed by atoms with Gasteiger partial charge in [-0.1, -0.05) is 35.0 Å². The normalized spacial score (nSPS) is 13.3. The van der Waals surface area contributed by atoms with E-state index in [1.165, 1.54) is 5.56 Å². The van der Waals surface area contributed by atoms with Gasteiger partial charge in [0.05, 0.1) is 7.11 Å². The molecule has 156 valence electrons. The molecule has 0 spiro atoms. The SMILES string of the molecule is CCN(Cc1cc(C)ccc1-c1cc(Cc2nn[nH]n2)ccc1OC)C(=O)C1CC1. The Morgan fingerprint density at radius 3 is 2.70 bits per heavy atom. The first-order valence-electron chi connectivity index (χ1n) is 10.4. The Labute approximate surface area is 176 Å². The molecule has 3 aromatic rings. The molecule has 4 rings (SSSR count). The summed E-state index contributed by atoms with van der Waals surface area (Å²) in [6, 6.07) is 12.5. The maximum atomic E-state index is 12.7. The zero-order chi connectivity index (χ0) is 21.1. The minimum Gasteiger partial charge on any atom is -0.496 e. The summed E-state index contributed by atoms with van der Waals surface area (Å²) in [5.74, 6) is 1.92. The van der Waals surface area contributed by atoms with Crippen LogP contribution >= 0.6 is 0 Å². The quantitative estimate of drug-likeness (QED) is 0.620. The minimum absolute atomic E-state index is 0.214. The Hall–Kier alpha value is -3.22. The van der Waals surface area contributed by atoms with E-state index in [4.69, 9.17) is 4.74 Å². The molecule has 30 heavy (non-hydrogen) atoms. The Bertz CT molecular complexity index is 1030. The summed E-state index contributed by atoms with van der Waals surface area (Å²) >= 11 is 0. The molecule has 0 saturated heterocycles. The second-order valence-electron chi connectivity index (χ2n) is 7.83. The van der Waals surface area contributed by atoms with Gasteiger partial charge in [-0.25, -0.2) is 0 Å². The molecule has 1 aliphatic carbocycles. The van der Waals surface area contributed by atoms with Crippen LogP contribution in [0.15, 0.2) is 36.4 Å². The van der Waals surface area contributed by atoms with Crippen molar-refractivity contribution >= 4 is 5.91 Å². The van der Waals surface area contributed by atoms with Gasteiger partial charge in [-0.3, -0.25) is 4.79 Å². The van der Waals surface area contributed by atoms with Crippen molar-refractivity contribution in [2.45, 2.75) is 39.7 Å². The molecule has 1 amide bonds. The number of aryl methyl sites for hydroxylation is 1. The number of rotatable bonds is 8. The number of tetrazole rings is 1. The Balaban J connectivity index is 1.71. The lowest BCUT2D eigenvalue weighted by atomic mass is 9.94. The van der Waals surface area contributed by atoms with Gasteiger partial charge in [0.1, 0.15) is 5.75 Å². The van der Waals surface area contributed by atoms with Crippen molar-refractivity contribution < 1.29 is 9.53 Å². The number of carbonyl (C=O) groups is 1. The maximum Gasteiger partial charge on any atom is 0.225 e. The molecule has 0 atom stereocenters. The van der Waals surface area contributed by atoms with Crippen molar-refractivity contribution in [3.8, 4) is 16.9 Å². The Morgan fingerprint density at radius 2 is 2.03 bits per heavy atom. The number of amides is 1. The molecule has 1 aliphatic rings. The first-order chi connectivity index (χ1) is 14.6. The van der Waals surface area contributed by atoms with Crippen LogP contribution in [0.1, 0.15) is 42.3 Å². The number of aromatic nitrogens is 4. The van der Waals surface area contributed by atoms with E-state index in [2.05, 4.69) is 51.8 Å². The zero-order valence-corrected chi connectivity index (χ0v) is 17.7. The minimum atomic E-state index is 0.214. The van der Waals surface area contributed by atoms with Gasteiger partial charge in [-0.2, -0.15) is 5.21 Å². The summed E-state index contributed by atoms with van der Waals surface area (Å²) in [7, 11) is 1.68. The standard InChI is InChI=1S/C23H27N5O2/c1-4-28(23(29)17-7-8-17)14-18-11-15(2)5-9-19(18)20-12-16(6-10-21(20)30-3)13-22-24-26-27-25-22/h5-6,9-12,17H,4,7-8,13-14H2,1-3H3,(H,24,25,26,27). The third-order valence-corrected chi connectivity index (χ3v) is 5.55. The van der Waals surface area contributed by atoms with E-state index in [1.807, 2.05) is 24.0 Å². The van der Waals surface area contributed by atoms with Gasteiger partial charge in [0.25, 0.3) is 0 Å². The van der Waals surface area contributed by atoms with Crippen molar-refractivity contribution in [2.24, 2.45) is 5.92 Å². The van der Waals surface area contributed by atoms with Gasteiger partial charge in [-0.15, -0.1) is 10.2 Å². The highest BCUT2D eigenvalue weighted by Gasteiger charge is 2.33. The van der Waals surface area contributed by atoms with E-state index in [9.17, 15) is 4.79 Å². The van der Waals surface area contributed by atoms with E-state index in [-0.39, 0.29) is 11.8 Å². The van der Waals surface area contributed by atoms with E-state index < -0.39 is 0 Å². The van der Waals surface area contributed by atoms with Crippen LogP contribution < -0.4 is 4.74 Å². The summed E-state index contributed by atoms with van der Waals surface area (Å²) < 4.78 is 5.67. The van der Waals surface area contributed by atoms with Crippen molar-refractivity contribution in [2.75, 3.05) is 13.7 Å². The molecule has 2 aromatic carbocycles. The van der Waals surface area contributed by atoms with Gasteiger partial charge < -0.3 is 9.64 Å². The average molecular weight is 406 g/mol. The van der Waals surface area contributed by atoms with Crippen LogP contribution in [0, 0.1) is 12.8 Å². The number of carbonyl (C=O) groups excluding carboxylic acids is 1. The van der Waals surface area contributed by atoms with Crippen LogP contribution in [0.5, 0.6) is 5.75 Å². The predicted octanol–water partition coefficient (Wildman–Crippen LogP) is 3.53. The van der Waals surface area contributed by atoms with Crippen molar-refractivity contribution in [1.82, 2.24) is 25.5 Å². The van der Waals surface area contributed by atoms with Crippen molar-refractivity contribution in [3.05, 3.63) is 58.9 Å². The van der Waals surface area contributed by atoms with E-state index >= 15 is 0 Å². The highest BCUT2D eigenvalue weighted by atomic mass is 16.5. The molecule has 0 unspecified atom stereocenters. The molecule has 7 heteroatoms. The summed E-state index contributed by atoms with van der Waals surface area (Å²) in [6.45, 7) is 5.43. The van der Waals surface area contributed by atoms with Crippen LogP contribution in [-0.2, 0) is 17.8 Å². The topological polar surface area (TPSA) is 84.0 Å². The van der Waals surface area contributed by atoms with Gasteiger partial charge in [-0.05, 0) is 55.5 Å². The second kappa shape index (κ2) is 8.65. The van der Waals surface area contributed by atoms with E-state index in [0.717, 1.165) is 40.8 Å². The Morgan fingerprint density at radius 1 is 1.20 bits per heavy atom. The smallest absolute Gasteiger partial charge is 0.225 e. The van der Waals surface area contributed by atoms with Crippen LogP contribution in [0.25, 0.3) is 11.1 Å². The van der Waals surface area contributed by atoms with Crippen molar-refractivity contribution in [3.63, 3.8) is 0 Å². The fourth-order valence-electron chi connectivity index (χ4n) is 3.77. The molecule has 0 radical (unpaired) electrons. The molecule has 1 heterocycles. The summed E-state index contributed by atoms with van der Waals surface area (Å²) in [5, 5.41) is 14.2. The molecule has 1 fully saturated rings. The largest absolute Gasteiger partial charge is 0.496 e. The zero-order valence-electron chi connectivity index (χ0n) is 17.7. The average Bonchev–Trinajstić information content (AvgIpc) is 3.48. The Kier molecular flexibility index (Phi) is 5.79. The molecular weight excluding hydrogens is 378 g/mol. The highest BCUT2D eigenvalue weighted by Crippen LogP contribution is 2.36. The number of nitrogens with zero attached hydrogens (tertiary/aromatic N) is 4. The summed E-state index contributed by atoms with van der Waals surface area (Å²) in [6.07, 6.45) is 2.61. The third kappa shape index (κ3) is 4.35. The van der Waals surface area contributed by atoms with Gasteiger partial charge >= 0.3 is 0 Å². The van der Waals surface area contributed by atoms with Crippen LogP contribution in [0.4, 0.5) is 0 Å². The highest BCUT2D eigenvalue weighted by molar-refractivity contribution is 5.81. The number of benzene rings is 2. The second-order valence-corrected chi connectivity index (χ2v) is 7.83. The third-order valence-electron chi connectivity index (χ3n) is 5.55. The summed E-state index contributed by atoms with van der Waals surface area (Å²) in [5.41, 5.74) is 5.45. The lowest BCUT2D eigenvalue weighted by Gasteiger charge is -2.23. The van der Waals surface area contributed by atoms with Gasteiger partial charge in [0.2, 0.25) is 5.91 Å². The van der Waals surface area contributed by atoms with Crippen LogP contribution in [-0.4, -0.2) is 45.1 Å². The first-order valence-corrected chi connectivity index (χ1v) is 10.4. The number of aromatic amines is 1. The predicted molar refractivity (Wildman–Crippen MR) is 114 cm³/mol. The lowest BCUT2D eigenvalue weighted by Crippen LogP contribution is -2.31. The molecular formula is C23H27N5O2. The fraction of sp³-hybridized carbons (Fsp3) is 0.391. The van der Waals surface area contributed by atoms with E-state index in [1.54, 1.807) is 7.11 Å². The molecule has 7 nitrogen and oxygen atoms in total. The van der Waals surface area contributed by atoms with Crippen LogP contribution in [0.3, 0.4) is 0 Å². The molecule has 1 saturated carbocycles. The van der Waals surface area contributed by atoms with Gasteiger partial charge in [0.15, 0.2) is 5.82 Å². The van der Waals surface area contributed by atoms with Crippen LogP contribution in [0.2, 0.25) is 0 Å². The molecule has 1 N–H and O–H groups in total. The number of hydrogen-bond acceptors (Lipinski definition) is 5. The summed E-state index contributed by atoms with van der Waals surface area (Å²) in [4.78, 5) is 14.7. The molecule has 0 bridgehead atoms. The number of methoxy groups -OCH3 is 1. The first kappa shape index (κ1) is 20.1. The molecule has 1 aromatic heterocycles. The molecule has 0 aliphatic heterocycles. The number of nitrogens with one attached hydrogen (secondary N) is 1. The van der Waals surface area contributed by atoms with Crippen molar-refractivity contribution in [1.29, 1.82) is 0 Å². The monoisotopic (exact) mass is 405 g/mol. The van der Waals surface area contributed by atoms with Gasteiger partial charge in [0, 0.05) is 31.0 Å². The maximum absolute atomic E-state index is 12.7. The fourth-order valence-corrected chi connectivity index (χ4v) is 3.77.